The Balaban J connectivity index is 1.82. The molecule has 194 valence electrons. The Morgan fingerprint density at radius 2 is 1.77 bits per heavy atom. The van der Waals surface area contributed by atoms with Crippen molar-refractivity contribution in [2.24, 2.45) is 5.92 Å². The van der Waals surface area contributed by atoms with Gasteiger partial charge >= 0.3 is 6.18 Å². The van der Waals surface area contributed by atoms with Crippen LogP contribution in [0, 0.1) is 5.92 Å². The number of carbonyl (C=O) groups is 2. The molecule has 3 rings (SSSR count). The number of rotatable bonds is 7. The minimum atomic E-state index is -4.36. The van der Waals surface area contributed by atoms with Crippen LogP contribution in [-0.2, 0) is 22.2 Å². The van der Waals surface area contributed by atoms with Gasteiger partial charge in [-0.1, -0.05) is 12.1 Å². The highest BCUT2D eigenvalue weighted by atomic mass is 19.4. The van der Waals surface area contributed by atoms with Gasteiger partial charge in [0.05, 0.1) is 5.56 Å². The molecule has 2 atom stereocenters. The zero-order chi connectivity index (χ0) is 26.0. The van der Waals surface area contributed by atoms with Crippen LogP contribution in [0.4, 0.5) is 13.2 Å². The van der Waals surface area contributed by atoms with Crippen LogP contribution in [0.5, 0.6) is 0 Å². The Kier molecular flexibility index (Phi) is 8.04. The van der Waals surface area contributed by atoms with E-state index in [1.165, 1.54) is 19.1 Å². The van der Waals surface area contributed by atoms with Gasteiger partial charge < -0.3 is 10.6 Å². The van der Waals surface area contributed by atoms with Gasteiger partial charge in [-0.25, -0.2) is 0 Å². The molecule has 1 heterocycles. The second-order valence-electron chi connectivity index (χ2n) is 11.0. The van der Waals surface area contributed by atoms with Crippen LogP contribution in [0.3, 0.4) is 0 Å². The van der Waals surface area contributed by atoms with Crippen LogP contribution in [0.2, 0.25) is 0 Å². The third kappa shape index (κ3) is 6.26. The lowest BCUT2D eigenvalue weighted by Gasteiger charge is -2.46. The molecule has 1 aromatic carbocycles. The molecule has 35 heavy (non-hydrogen) atoms. The molecule has 0 aromatic heterocycles. The van der Waals surface area contributed by atoms with E-state index < -0.39 is 22.8 Å². The molecule has 0 spiro atoms. The van der Waals surface area contributed by atoms with Gasteiger partial charge in [0.2, 0.25) is 11.8 Å². The zero-order valence-corrected chi connectivity index (χ0v) is 21.2. The van der Waals surface area contributed by atoms with Crippen LogP contribution in [0.25, 0.3) is 0 Å². The number of alkyl halides is 3. The fourth-order valence-electron chi connectivity index (χ4n) is 5.66. The predicted molar refractivity (Wildman–Crippen MR) is 131 cm³/mol. The normalized spacial score (nSPS) is 21.2. The molecule has 0 bridgehead atoms. The number of allylic oxidation sites excluding steroid dienone is 1. The van der Waals surface area contributed by atoms with Gasteiger partial charge in [0.1, 0.15) is 5.54 Å². The second kappa shape index (κ2) is 10.3. The maximum atomic E-state index is 13.6. The van der Waals surface area contributed by atoms with E-state index in [0.717, 1.165) is 24.0 Å². The van der Waals surface area contributed by atoms with Crippen molar-refractivity contribution in [2.75, 3.05) is 13.1 Å². The molecular weight excluding hydrogens is 455 g/mol. The Bertz CT molecular complexity index is 946. The lowest BCUT2D eigenvalue weighted by atomic mass is 9.73. The number of fused-ring (bicyclic) bond motifs is 1. The number of amides is 2. The van der Waals surface area contributed by atoms with Crippen molar-refractivity contribution < 1.29 is 22.8 Å². The van der Waals surface area contributed by atoms with Crippen molar-refractivity contribution in [3.05, 3.63) is 47.5 Å². The summed E-state index contributed by atoms with van der Waals surface area (Å²) >= 11 is 0. The molecule has 8 heteroatoms. The zero-order valence-electron chi connectivity index (χ0n) is 21.2. The quantitative estimate of drug-likeness (QED) is 0.516. The molecule has 2 amide bonds. The molecule has 2 unspecified atom stereocenters. The van der Waals surface area contributed by atoms with Crippen LogP contribution in [-0.4, -0.2) is 40.9 Å². The smallest absolute Gasteiger partial charge is 0.349 e. The van der Waals surface area contributed by atoms with Crippen LogP contribution in [0.1, 0.15) is 82.5 Å². The minimum Gasteiger partial charge on any atom is -0.349 e. The molecular formula is C27H38F3N3O2. The molecule has 1 aromatic rings. The fourth-order valence-corrected chi connectivity index (χ4v) is 5.66. The first-order valence-electron chi connectivity index (χ1n) is 12.4. The highest BCUT2D eigenvalue weighted by molar-refractivity contribution is 5.91. The average Bonchev–Trinajstić information content (AvgIpc) is 3.18. The van der Waals surface area contributed by atoms with Gasteiger partial charge in [-0.3, -0.25) is 14.5 Å². The Labute approximate surface area is 206 Å². The molecule has 2 aliphatic rings. The summed E-state index contributed by atoms with van der Waals surface area (Å²) in [6.45, 7) is 12.3. The highest BCUT2D eigenvalue weighted by Gasteiger charge is 2.48. The highest BCUT2D eigenvalue weighted by Crippen LogP contribution is 2.42. The number of halogens is 3. The van der Waals surface area contributed by atoms with Crippen molar-refractivity contribution in [3.63, 3.8) is 0 Å². The molecule has 1 aliphatic carbocycles. The summed E-state index contributed by atoms with van der Waals surface area (Å²) in [6.07, 6.45) is 1.31. The number of aryl methyl sites for hydroxylation is 1. The number of nitrogens with one attached hydrogen (secondary N) is 2. The van der Waals surface area contributed by atoms with E-state index in [0.29, 0.717) is 38.8 Å². The Hall–Kier alpha value is -2.35. The maximum Gasteiger partial charge on any atom is 0.416 e. The standard InChI is InChI=1S/C27H38F3N3O2/c1-6-7-14-26(31-18(2)34,24(35)32-25(3,4)5)20-12-15-33(16-13-20)23-11-9-19-8-10-21(17-22(19)23)27(28,29)30/h6,8,10,17,20,23H,1,7,9,11-16H2,2-5H3,(H,31,34)(H,32,35). The summed E-state index contributed by atoms with van der Waals surface area (Å²) in [7, 11) is 0. The SMILES string of the molecule is C=CCCC(NC(C)=O)(C(=O)NC(C)(C)C)C1CCN(C2CCc3ccc(C(F)(F)F)cc32)CC1. The van der Waals surface area contributed by atoms with Gasteiger partial charge in [0.25, 0.3) is 0 Å². The number of nitrogens with zero attached hydrogens (tertiary/aromatic N) is 1. The number of likely N-dealkylation sites (tertiary alicyclic amines) is 1. The first-order chi connectivity index (χ1) is 16.3. The van der Waals surface area contributed by atoms with Crippen molar-refractivity contribution in [2.45, 2.75) is 89.5 Å². The lowest BCUT2D eigenvalue weighted by Crippen LogP contribution is -2.66. The lowest BCUT2D eigenvalue weighted by molar-refractivity contribution is -0.138. The number of benzene rings is 1. The topological polar surface area (TPSA) is 61.4 Å². The van der Waals surface area contributed by atoms with E-state index in [1.807, 2.05) is 20.8 Å². The Morgan fingerprint density at radius 1 is 1.11 bits per heavy atom. The predicted octanol–water partition coefficient (Wildman–Crippen LogP) is 5.16. The molecule has 2 N–H and O–H groups in total. The van der Waals surface area contributed by atoms with Gasteiger partial charge in [0.15, 0.2) is 0 Å². The summed E-state index contributed by atoms with van der Waals surface area (Å²) in [5, 5.41) is 6.07. The minimum absolute atomic E-state index is 0.0556. The van der Waals surface area contributed by atoms with Crippen LogP contribution >= 0.6 is 0 Å². The summed E-state index contributed by atoms with van der Waals surface area (Å²) < 4.78 is 39.9. The number of hydrogen-bond acceptors (Lipinski definition) is 3. The van der Waals surface area contributed by atoms with E-state index >= 15 is 0 Å². The second-order valence-corrected chi connectivity index (χ2v) is 11.0. The monoisotopic (exact) mass is 493 g/mol. The van der Waals surface area contributed by atoms with Crippen LogP contribution < -0.4 is 10.6 Å². The molecule has 5 nitrogen and oxygen atoms in total. The number of piperidine rings is 1. The third-order valence-corrected chi connectivity index (χ3v) is 7.22. The van der Waals surface area contributed by atoms with Gasteiger partial charge in [-0.2, -0.15) is 13.2 Å². The van der Waals surface area contributed by atoms with Crippen LogP contribution in [0.15, 0.2) is 30.9 Å². The number of carbonyl (C=O) groups excluding carboxylic acids is 2. The Morgan fingerprint density at radius 3 is 2.31 bits per heavy atom. The number of hydrogen-bond donors (Lipinski definition) is 2. The summed E-state index contributed by atoms with van der Waals surface area (Å²) in [5.41, 5.74) is -0.377. The van der Waals surface area contributed by atoms with Crippen molar-refractivity contribution in [3.8, 4) is 0 Å². The summed E-state index contributed by atoms with van der Waals surface area (Å²) in [6, 6.07) is 4.03. The average molecular weight is 494 g/mol. The first kappa shape index (κ1) is 27.2. The third-order valence-electron chi connectivity index (χ3n) is 7.22. The van der Waals surface area contributed by atoms with E-state index in [-0.39, 0.29) is 23.8 Å². The van der Waals surface area contributed by atoms with E-state index in [4.69, 9.17) is 0 Å². The van der Waals surface area contributed by atoms with E-state index in [1.54, 1.807) is 12.1 Å². The van der Waals surface area contributed by atoms with Crippen molar-refractivity contribution in [1.29, 1.82) is 0 Å². The fraction of sp³-hybridized carbons (Fsp3) is 0.630. The van der Waals surface area contributed by atoms with Gasteiger partial charge in [-0.15, -0.1) is 6.58 Å². The van der Waals surface area contributed by atoms with E-state index in [2.05, 4.69) is 22.1 Å². The molecule has 0 saturated carbocycles. The maximum absolute atomic E-state index is 13.6. The van der Waals surface area contributed by atoms with Gasteiger partial charge in [-0.05, 0) is 102 Å². The molecule has 1 aliphatic heterocycles. The van der Waals surface area contributed by atoms with Crippen molar-refractivity contribution >= 4 is 11.8 Å². The molecule has 1 fully saturated rings. The van der Waals surface area contributed by atoms with E-state index in [9.17, 15) is 22.8 Å². The largest absolute Gasteiger partial charge is 0.416 e. The summed E-state index contributed by atoms with van der Waals surface area (Å²) in [5.74, 6) is -0.543. The molecule has 1 saturated heterocycles. The molecule has 0 radical (unpaired) electrons. The first-order valence-corrected chi connectivity index (χ1v) is 12.4. The van der Waals surface area contributed by atoms with Crippen molar-refractivity contribution in [1.82, 2.24) is 15.5 Å². The summed E-state index contributed by atoms with van der Waals surface area (Å²) in [4.78, 5) is 28.1. The van der Waals surface area contributed by atoms with Gasteiger partial charge in [0, 0.05) is 18.5 Å².